The second-order valence-corrected chi connectivity index (χ2v) is 8.00. The summed E-state index contributed by atoms with van der Waals surface area (Å²) < 4.78 is 21.9. The Morgan fingerprint density at radius 3 is 2.58 bits per heavy atom. The van der Waals surface area contributed by atoms with Gasteiger partial charge in [-0.1, -0.05) is 11.6 Å². The topological polar surface area (TPSA) is 60.4 Å². The first kappa shape index (κ1) is 15.7. The largest absolute Gasteiger partial charge is 0.459 e. The standard InChI is InChI=1S/C19H21FO4/c1-17-8-7-12(21)9-11(17)3-4-14-13-5-6-16(23)24-18(13,2)10-15(22)19(14,17)20/h7-9,13-14H,3-6,10H2,1-2H3/t13-,14+,17-,18-,19+/m0/s1. The van der Waals surface area contributed by atoms with Crippen molar-refractivity contribution < 1.29 is 23.5 Å². The average Bonchev–Trinajstić information content (AvgIpc) is 2.49. The third-order valence-corrected chi connectivity index (χ3v) is 6.75. The van der Waals surface area contributed by atoms with Gasteiger partial charge in [0.2, 0.25) is 0 Å². The van der Waals surface area contributed by atoms with Gasteiger partial charge >= 0.3 is 5.97 Å². The zero-order valence-corrected chi connectivity index (χ0v) is 13.9. The Morgan fingerprint density at radius 1 is 1.12 bits per heavy atom. The molecule has 0 bridgehead atoms. The van der Waals surface area contributed by atoms with E-state index in [0.29, 0.717) is 24.8 Å². The van der Waals surface area contributed by atoms with Crippen LogP contribution in [0.1, 0.15) is 46.0 Å². The van der Waals surface area contributed by atoms with Gasteiger partial charge in [0.05, 0.1) is 0 Å². The summed E-state index contributed by atoms with van der Waals surface area (Å²) in [6, 6.07) is 0. The lowest BCUT2D eigenvalue weighted by molar-refractivity contribution is -0.207. The predicted octanol–water partition coefficient (Wildman–Crippen LogP) is 2.86. The van der Waals surface area contributed by atoms with E-state index in [4.69, 9.17) is 4.74 Å². The molecule has 5 heteroatoms. The molecule has 4 rings (SSSR count). The second kappa shape index (κ2) is 4.64. The molecule has 3 aliphatic carbocycles. The van der Waals surface area contributed by atoms with E-state index in [1.54, 1.807) is 19.9 Å². The monoisotopic (exact) mass is 332 g/mol. The van der Waals surface area contributed by atoms with Crippen molar-refractivity contribution in [2.75, 3.05) is 0 Å². The number of carbonyl (C=O) groups excluding carboxylic acids is 3. The minimum absolute atomic E-state index is 0.0962. The van der Waals surface area contributed by atoms with Gasteiger partial charge in [0.15, 0.2) is 17.2 Å². The van der Waals surface area contributed by atoms with Gasteiger partial charge in [-0.05, 0) is 45.3 Å². The molecule has 0 aromatic carbocycles. The van der Waals surface area contributed by atoms with Crippen LogP contribution in [0.5, 0.6) is 0 Å². The molecule has 4 aliphatic rings. The minimum atomic E-state index is -2.04. The number of allylic oxidation sites excluding steroid dienone is 4. The van der Waals surface area contributed by atoms with Crippen molar-refractivity contribution in [2.24, 2.45) is 17.3 Å². The Labute approximate surface area is 140 Å². The fourth-order valence-electron chi connectivity index (χ4n) is 5.49. The van der Waals surface area contributed by atoms with Gasteiger partial charge in [0, 0.05) is 30.1 Å². The summed E-state index contributed by atoms with van der Waals surface area (Å²) in [5.74, 6) is -1.62. The van der Waals surface area contributed by atoms with E-state index in [9.17, 15) is 14.4 Å². The summed E-state index contributed by atoms with van der Waals surface area (Å²) in [5, 5.41) is 0. The van der Waals surface area contributed by atoms with Crippen LogP contribution < -0.4 is 0 Å². The molecular formula is C19H21FO4. The number of fused-ring (bicyclic) bond motifs is 5. The normalized spacial score (nSPS) is 47.3. The van der Waals surface area contributed by atoms with Crippen LogP contribution in [0.2, 0.25) is 0 Å². The van der Waals surface area contributed by atoms with Crippen molar-refractivity contribution in [1.29, 1.82) is 0 Å². The maximum Gasteiger partial charge on any atom is 0.306 e. The highest BCUT2D eigenvalue weighted by Gasteiger charge is 2.70. The van der Waals surface area contributed by atoms with E-state index in [2.05, 4.69) is 0 Å². The zero-order valence-electron chi connectivity index (χ0n) is 13.9. The number of esters is 1. The second-order valence-electron chi connectivity index (χ2n) is 8.00. The molecule has 2 saturated carbocycles. The number of carbonyl (C=O) groups is 3. The van der Waals surface area contributed by atoms with Crippen LogP contribution in [0.3, 0.4) is 0 Å². The molecule has 0 aromatic rings. The third-order valence-electron chi connectivity index (χ3n) is 6.75. The predicted molar refractivity (Wildman–Crippen MR) is 83.7 cm³/mol. The Hall–Kier alpha value is -1.78. The molecule has 0 spiro atoms. The Morgan fingerprint density at radius 2 is 1.83 bits per heavy atom. The van der Waals surface area contributed by atoms with Gasteiger partial charge in [-0.15, -0.1) is 0 Å². The van der Waals surface area contributed by atoms with E-state index in [1.165, 1.54) is 12.2 Å². The summed E-state index contributed by atoms with van der Waals surface area (Å²) >= 11 is 0. The van der Waals surface area contributed by atoms with Gasteiger partial charge in [0.1, 0.15) is 5.60 Å². The summed E-state index contributed by atoms with van der Waals surface area (Å²) in [6.07, 6.45) is 6.26. The molecule has 24 heavy (non-hydrogen) atoms. The Bertz CT molecular complexity index is 723. The SMILES string of the molecule is C[C@]12C=CC(=O)C=C1CC[C@@H]1[C@@H]3CCC(=O)O[C@@]3(C)CC(=O)[C@]12F. The molecule has 0 N–H and O–H groups in total. The molecule has 0 amide bonds. The smallest absolute Gasteiger partial charge is 0.306 e. The number of ether oxygens (including phenoxy) is 1. The molecule has 1 saturated heterocycles. The van der Waals surface area contributed by atoms with Crippen molar-refractivity contribution in [2.45, 2.75) is 57.2 Å². The molecule has 1 aliphatic heterocycles. The maximum atomic E-state index is 16.4. The third kappa shape index (κ3) is 1.76. The van der Waals surface area contributed by atoms with Crippen LogP contribution in [-0.4, -0.2) is 28.8 Å². The molecule has 5 atom stereocenters. The number of hydrogen-bond acceptors (Lipinski definition) is 4. The highest BCUT2D eigenvalue weighted by Crippen LogP contribution is 2.63. The van der Waals surface area contributed by atoms with Crippen molar-refractivity contribution >= 4 is 17.5 Å². The fraction of sp³-hybridized carbons (Fsp3) is 0.632. The first-order valence-corrected chi connectivity index (χ1v) is 8.59. The highest BCUT2D eigenvalue weighted by atomic mass is 19.1. The van der Waals surface area contributed by atoms with E-state index in [-0.39, 0.29) is 30.5 Å². The highest BCUT2D eigenvalue weighted by molar-refractivity contribution is 6.02. The number of ketones is 2. The first-order valence-electron chi connectivity index (χ1n) is 8.59. The van der Waals surface area contributed by atoms with Crippen LogP contribution >= 0.6 is 0 Å². The summed E-state index contributed by atoms with van der Waals surface area (Å²) in [6.45, 7) is 3.49. The van der Waals surface area contributed by atoms with Crippen LogP contribution in [-0.2, 0) is 19.1 Å². The van der Waals surface area contributed by atoms with Crippen LogP contribution in [0.25, 0.3) is 0 Å². The summed E-state index contributed by atoms with van der Waals surface area (Å²) in [4.78, 5) is 36.4. The van der Waals surface area contributed by atoms with Crippen LogP contribution in [0.15, 0.2) is 23.8 Å². The molecule has 4 nitrogen and oxygen atoms in total. The number of rotatable bonds is 0. The van der Waals surface area contributed by atoms with E-state index >= 15 is 4.39 Å². The Balaban J connectivity index is 1.82. The van der Waals surface area contributed by atoms with E-state index < -0.39 is 28.4 Å². The number of alkyl halides is 1. The van der Waals surface area contributed by atoms with Crippen molar-refractivity contribution in [1.82, 2.24) is 0 Å². The lowest BCUT2D eigenvalue weighted by Gasteiger charge is -2.59. The van der Waals surface area contributed by atoms with Gasteiger partial charge < -0.3 is 4.74 Å². The van der Waals surface area contributed by atoms with Crippen molar-refractivity contribution in [3.05, 3.63) is 23.8 Å². The van der Waals surface area contributed by atoms with Crippen molar-refractivity contribution in [3.8, 4) is 0 Å². The van der Waals surface area contributed by atoms with Gasteiger partial charge in [0.25, 0.3) is 0 Å². The summed E-state index contributed by atoms with van der Waals surface area (Å²) in [5.41, 5.74) is -3.32. The average molecular weight is 332 g/mol. The van der Waals surface area contributed by atoms with Gasteiger partial charge in [-0.25, -0.2) is 4.39 Å². The molecule has 0 radical (unpaired) electrons. The molecule has 0 aromatic heterocycles. The van der Waals surface area contributed by atoms with E-state index in [0.717, 1.165) is 0 Å². The molecule has 128 valence electrons. The number of halogens is 1. The lowest BCUT2D eigenvalue weighted by Crippen LogP contribution is -2.68. The zero-order chi connectivity index (χ0) is 17.3. The van der Waals surface area contributed by atoms with E-state index in [1.807, 2.05) is 0 Å². The summed E-state index contributed by atoms with van der Waals surface area (Å²) in [7, 11) is 0. The van der Waals surface area contributed by atoms with Crippen LogP contribution in [0.4, 0.5) is 4.39 Å². The van der Waals surface area contributed by atoms with Crippen molar-refractivity contribution in [3.63, 3.8) is 0 Å². The Kier molecular flexibility index (Phi) is 3.04. The number of hydrogen-bond donors (Lipinski definition) is 0. The molecule has 0 unspecified atom stereocenters. The first-order chi connectivity index (χ1) is 11.2. The number of Topliss-reactive ketones (excluding diaryl/α,β-unsaturated/α-hetero) is 1. The molecule has 1 heterocycles. The minimum Gasteiger partial charge on any atom is -0.459 e. The van der Waals surface area contributed by atoms with Gasteiger partial charge in [-0.3, -0.25) is 14.4 Å². The molecule has 3 fully saturated rings. The maximum absolute atomic E-state index is 16.4. The van der Waals surface area contributed by atoms with Crippen LogP contribution in [0, 0.1) is 17.3 Å². The fourth-order valence-corrected chi connectivity index (χ4v) is 5.49. The lowest BCUT2D eigenvalue weighted by atomic mass is 9.47. The molecular weight excluding hydrogens is 311 g/mol. The quantitative estimate of drug-likeness (QED) is 0.640. The van der Waals surface area contributed by atoms with Gasteiger partial charge in [-0.2, -0.15) is 0 Å².